The van der Waals surface area contributed by atoms with Crippen LogP contribution in [0.1, 0.15) is 36.3 Å². The summed E-state index contributed by atoms with van der Waals surface area (Å²) in [5.41, 5.74) is 6.59. The SMILES string of the molecule is CC#CCNc1cnc(C(=O)Nc2cccc(C3(C)CC(=O)N(C)C(N)=N3)c2)cn1. The van der Waals surface area contributed by atoms with E-state index in [2.05, 4.69) is 37.4 Å². The summed E-state index contributed by atoms with van der Waals surface area (Å²) < 4.78 is 0. The molecule has 0 aliphatic carbocycles. The van der Waals surface area contributed by atoms with Crippen molar-refractivity contribution in [3.63, 3.8) is 0 Å². The Morgan fingerprint density at radius 2 is 2.13 bits per heavy atom. The highest BCUT2D eigenvalue weighted by atomic mass is 16.2. The number of amides is 2. The molecule has 2 aromatic rings. The van der Waals surface area contributed by atoms with Gasteiger partial charge in [-0.2, -0.15) is 0 Å². The molecule has 1 unspecified atom stereocenters. The van der Waals surface area contributed by atoms with Crippen LogP contribution >= 0.6 is 0 Å². The minimum absolute atomic E-state index is 0.117. The number of aliphatic imine (C=N–C) groups is 1. The molecule has 1 aliphatic rings. The normalized spacial score (nSPS) is 18.2. The first-order valence-corrected chi connectivity index (χ1v) is 9.32. The van der Waals surface area contributed by atoms with Crippen LogP contribution in [0.4, 0.5) is 11.5 Å². The van der Waals surface area contributed by atoms with Crippen LogP contribution < -0.4 is 16.4 Å². The zero-order valence-electron chi connectivity index (χ0n) is 17.1. The summed E-state index contributed by atoms with van der Waals surface area (Å²) in [6.45, 7) is 4.04. The molecule has 9 nitrogen and oxygen atoms in total. The number of nitrogens with zero attached hydrogens (tertiary/aromatic N) is 4. The molecule has 4 N–H and O–H groups in total. The second-order valence-electron chi connectivity index (χ2n) is 6.98. The topological polar surface area (TPSA) is 126 Å². The summed E-state index contributed by atoms with van der Waals surface area (Å²) in [7, 11) is 1.59. The Bertz CT molecular complexity index is 1050. The van der Waals surface area contributed by atoms with Crippen LogP contribution in [0.5, 0.6) is 0 Å². The van der Waals surface area contributed by atoms with Crippen molar-refractivity contribution >= 4 is 29.3 Å². The minimum atomic E-state index is -0.803. The fourth-order valence-corrected chi connectivity index (χ4v) is 2.96. The number of hydrogen-bond donors (Lipinski definition) is 3. The van der Waals surface area contributed by atoms with E-state index in [4.69, 9.17) is 5.73 Å². The number of rotatable bonds is 5. The van der Waals surface area contributed by atoms with Gasteiger partial charge in [0.05, 0.1) is 30.9 Å². The van der Waals surface area contributed by atoms with Gasteiger partial charge < -0.3 is 16.4 Å². The van der Waals surface area contributed by atoms with Crippen molar-refractivity contribution in [2.75, 3.05) is 24.2 Å². The second-order valence-corrected chi connectivity index (χ2v) is 6.98. The Balaban J connectivity index is 1.74. The van der Waals surface area contributed by atoms with Crippen LogP contribution in [0.25, 0.3) is 0 Å². The van der Waals surface area contributed by atoms with Gasteiger partial charge in [0.15, 0.2) is 5.96 Å². The van der Waals surface area contributed by atoms with Gasteiger partial charge in [0.25, 0.3) is 5.91 Å². The fourth-order valence-electron chi connectivity index (χ4n) is 2.96. The fraction of sp³-hybridized carbons (Fsp3) is 0.286. The first-order chi connectivity index (χ1) is 14.3. The van der Waals surface area contributed by atoms with E-state index in [9.17, 15) is 9.59 Å². The molecule has 9 heteroatoms. The highest BCUT2D eigenvalue weighted by molar-refractivity contribution is 6.03. The molecule has 1 aromatic heterocycles. The number of nitrogens with one attached hydrogen (secondary N) is 2. The lowest BCUT2D eigenvalue weighted by Crippen LogP contribution is -2.47. The zero-order valence-corrected chi connectivity index (χ0v) is 17.1. The molecule has 0 saturated carbocycles. The molecule has 30 heavy (non-hydrogen) atoms. The van der Waals surface area contributed by atoms with E-state index in [0.717, 1.165) is 5.56 Å². The molecule has 2 amide bonds. The summed E-state index contributed by atoms with van der Waals surface area (Å²) in [5, 5.41) is 5.79. The number of hydrogen-bond acceptors (Lipinski definition) is 7. The van der Waals surface area contributed by atoms with Gasteiger partial charge in [-0.15, -0.1) is 5.92 Å². The largest absolute Gasteiger partial charge is 0.369 e. The van der Waals surface area contributed by atoms with Gasteiger partial charge >= 0.3 is 0 Å². The van der Waals surface area contributed by atoms with E-state index in [-0.39, 0.29) is 24.0 Å². The number of benzene rings is 1. The first-order valence-electron chi connectivity index (χ1n) is 9.32. The maximum absolute atomic E-state index is 12.5. The summed E-state index contributed by atoms with van der Waals surface area (Å²) in [6, 6.07) is 7.17. The van der Waals surface area contributed by atoms with Crippen molar-refractivity contribution in [3.05, 3.63) is 47.9 Å². The quantitative estimate of drug-likeness (QED) is 0.648. The molecular weight excluding hydrogens is 382 g/mol. The van der Waals surface area contributed by atoms with Crippen molar-refractivity contribution in [2.24, 2.45) is 10.7 Å². The Morgan fingerprint density at radius 3 is 2.80 bits per heavy atom. The zero-order chi connectivity index (χ0) is 21.7. The van der Waals surface area contributed by atoms with Crippen LogP contribution in [0.3, 0.4) is 0 Å². The van der Waals surface area contributed by atoms with Crippen LogP contribution in [0.2, 0.25) is 0 Å². The average molecular weight is 405 g/mol. The number of anilines is 2. The van der Waals surface area contributed by atoms with E-state index >= 15 is 0 Å². The minimum Gasteiger partial charge on any atom is -0.369 e. The van der Waals surface area contributed by atoms with E-state index in [1.807, 2.05) is 13.0 Å². The summed E-state index contributed by atoms with van der Waals surface area (Å²) in [6.07, 6.45) is 3.05. The third-order valence-electron chi connectivity index (χ3n) is 4.74. The third-order valence-corrected chi connectivity index (χ3v) is 4.74. The number of guanidine groups is 1. The summed E-state index contributed by atoms with van der Waals surface area (Å²) >= 11 is 0. The second kappa shape index (κ2) is 8.61. The smallest absolute Gasteiger partial charge is 0.275 e. The van der Waals surface area contributed by atoms with E-state index in [0.29, 0.717) is 18.1 Å². The molecule has 0 radical (unpaired) electrons. The molecular formula is C21H23N7O2. The molecule has 154 valence electrons. The predicted molar refractivity (Wildman–Crippen MR) is 115 cm³/mol. The van der Waals surface area contributed by atoms with Gasteiger partial charge in [-0.3, -0.25) is 14.5 Å². The van der Waals surface area contributed by atoms with Crippen molar-refractivity contribution in [3.8, 4) is 11.8 Å². The standard InChI is InChI=1S/C21H23N7O2/c1-4-5-9-23-17-13-24-16(12-25-17)19(30)26-15-8-6-7-14(10-15)21(2)11-18(29)28(3)20(22)27-21/h6-8,10,12-13H,9,11H2,1-3H3,(H2,22,27)(H,23,25)(H,26,30). The molecule has 0 bridgehead atoms. The highest BCUT2D eigenvalue weighted by Crippen LogP contribution is 2.34. The molecule has 1 aliphatic heterocycles. The van der Waals surface area contributed by atoms with E-state index < -0.39 is 11.4 Å². The van der Waals surface area contributed by atoms with Crippen LogP contribution in [-0.2, 0) is 10.3 Å². The van der Waals surface area contributed by atoms with Crippen molar-refractivity contribution in [1.82, 2.24) is 14.9 Å². The third kappa shape index (κ3) is 4.55. The van der Waals surface area contributed by atoms with E-state index in [1.165, 1.54) is 17.3 Å². The Labute approximate surface area is 174 Å². The number of carbonyl (C=O) groups excluding carboxylic acids is 2. The van der Waals surface area contributed by atoms with Crippen LogP contribution in [0.15, 0.2) is 41.7 Å². The van der Waals surface area contributed by atoms with Gasteiger partial charge in [0, 0.05) is 12.7 Å². The Hall–Kier alpha value is -3.93. The first kappa shape index (κ1) is 20.8. The molecule has 2 heterocycles. The van der Waals surface area contributed by atoms with Gasteiger partial charge in [-0.25, -0.2) is 15.0 Å². The van der Waals surface area contributed by atoms with Crippen molar-refractivity contribution in [1.29, 1.82) is 0 Å². The number of aromatic nitrogens is 2. The van der Waals surface area contributed by atoms with E-state index in [1.54, 1.807) is 32.2 Å². The van der Waals surface area contributed by atoms with Gasteiger partial charge in [0.2, 0.25) is 5.91 Å². The molecule has 0 spiro atoms. The maximum atomic E-state index is 12.5. The molecule has 1 aromatic carbocycles. The van der Waals surface area contributed by atoms with Crippen LogP contribution in [0, 0.1) is 11.8 Å². The van der Waals surface area contributed by atoms with Crippen molar-refractivity contribution < 1.29 is 9.59 Å². The van der Waals surface area contributed by atoms with Gasteiger partial charge in [0.1, 0.15) is 11.5 Å². The van der Waals surface area contributed by atoms with Crippen LogP contribution in [-0.4, -0.2) is 46.2 Å². The molecule has 0 saturated heterocycles. The lowest BCUT2D eigenvalue weighted by Gasteiger charge is -2.33. The maximum Gasteiger partial charge on any atom is 0.275 e. The lowest BCUT2D eigenvalue weighted by atomic mass is 9.87. The Morgan fingerprint density at radius 1 is 1.33 bits per heavy atom. The predicted octanol–water partition coefficient (Wildman–Crippen LogP) is 1.56. The average Bonchev–Trinajstić information content (AvgIpc) is 2.73. The number of carbonyl (C=O) groups is 2. The molecule has 1 atom stereocenters. The highest BCUT2D eigenvalue weighted by Gasteiger charge is 2.36. The summed E-state index contributed by atoms with van der Waals surface area (Å²) in [4.78, 5) is 38.9. The molecule has 3 rings (SSSR count). The monoisotopic (exact) mass is 405 g/mol. The van der Waals surface area contributed by atoms with Gasteiger partial charge in [-0.05, 0) is 31.5 Å². The number of nitrogens with two attached hydrogens (primary N) is 1. The molecule has 0 fully saturated rings. The summed E-state index contributed by atoms with van der Waals surface area (Å²) in [5.74, 6) is 5.82. The lowest BCUT2D eigenvalue weighted by molar-refractivity contribution is -0.128. The van der Waals surface area contributed by atoms with Gasteiger partial charge in [-0.1, -0.05) is 18.1 Å². The Kier molecular flexibility index (Phi) is 5.97. The van der Waals surface area contributed by atoms with Crippen molar-refractivity contribution in [2.45, 2.75) is 25.8 Å².